The van der Waals surface area contributed by atoms with Crippen LogP contribution in [0.4, 0.5) is 4.39 Å². The second kappa shape index (κ2) is 6.48. The molecule has 78 valence electrons. The van der Waals surface area contributed by atoms with Crippen molar-refractivity contribution in [2.24, 2.45) is 0 Å². The van der Waals surface area contributed by atoms with E-state index in [1.165, 1.54) is 12.1 Å². The van der Waals surface area contributed by atoms with E-state index in [-0.39, 0.29) is 5.82 Å². The summed E-state index contributed by atoms with van der Waals surface area (Å²) in [5.41, 5.74) is 3.57. The van der Waals surface area contributed by atoms with E-state index in [9.17, 15) is 4.39 Å². The standard InChI is InChI=1S/C10H14FNO2/c1-13-5-6-14-12-8-9-3-2-4-10(11)7-9/h2-4,7,12H,5-6,8H2,1H3. The van der Waals surface area contributed by atoms with E-state index in [1.807, 2.05) is 6.07 Å². The van der Waals surface area contributed by atoms with Gasteiger partial charge in [0.25, 0.3) is 0 Å². The average Bonchev–Trinajstić information content (AvgIpc) is 2.18. The molecule has 0 saturated carbocycles. The minimum atomic E-state index is -0.235. The van der Waals surface area contributed by atoms with Crippen LogP contribution in [0.1, 0.15) is 5.56 Å². The van der Waals surface area contributed by atoms with Gasteiger partial charge in [-0.25, -0.2) is 4.39 Å². The molecule has 1 N–H and O–H groups in total. The first-order chi connectivity index (χ1) is 6.83. The molecule has 0 aliphatic rings. The van der Waals surface area contributed by atoms with Crippen LogP contribution in [0.25, 0.3) is 0 Å². The Morgan fingerprint density at radius 3 is 2.93 bits per heavy atom. The molecule has 0 aromatic heterocycles. The number of nitrogens with one attached hydrogen (secondary N) is 1. The van der Waals surface area contributed by atoms with Crippen molar-refractivity contribution in [2.75, 3.05) is 20.3 Å². The molecule has 0 fully saturated rings. The van der Waals surface area contributed by atoms with Gasteiger partial charge in [0, 0.05) is 13.7 Å². The molecule has 4 heteroatoms. The molecule has 0 unspecified atom stereocenters. The third kappa shape index (κ3) is 4.32. The lowest BCUT2D eigenvalue weighted by atomic mass is 10.2. The summed E-state index contributed by atoms with van der Waals surface area (Å²) < 4.78 is 17.5. The molecule has 0 atom stereocenters. The van der Waals surface area contributed by atoms with E-state index in [0.717, 1.165) is 5.56 Å². The van der Waals surface area contributed by atoms with Gasteiger partial charge in [0.15, 0.2) is 0 Å². The topological polar surface area (TPSA) is 30.5 Å². The first kappa shape index (κ1) is 11.1. The molecular weight excluding hydrogens is 185 g/mol. The van der Waals surface area contributed by atoms with E-state index in [1.54, 1.807) is 13.2 Å². The van der Waals surface area contributed by atoms with Crippen molar-refractivity contribution < 1.29 is 14.0 Å². The van der Waals surface area contributed by atoms with Crippen molar-refractivity contribution in [1.82, 2.24) is 5.48 Å². The van der Waals surface area contributed by atoms with E-state index in [4.69, 9.17) is 9.57 Å². The van der Waals surface area contributed by atoms with Gasteiger partial charge in [0.1, 0.15) is 5.82 Å². The molecule has 0 bridgehead atoms. The predicted molar refractivity (Wildman–Crippen MR) is 51.1 cm³/mol. The summed E-state index contributed by atoms with van der Waals surface area (Å²) in [6, 6.07) is 6.37. The van der Waals surface area contributed by atoms with Gasteiger partial charge in [-0.15, -0.1) is 0 Å². The second-order valence-electron chi connectivity index (χ2n) is 2.79. The van der Waals surface area contributed by atoms with Crippen LogP contribution >= 0.6 is 0 Å². The summed E-state index contributed by atoms with van der Waals surface area (Å²) in [6.45, 7) is 1.50. The normalized spacial score (nSPS) is 10.4. The second-order valence-corrected chi connectivity index (χ2v) is 2.79. The van der Waals surface area contributed by atoms with Crippen LogP contribution in [0.15, 0.2) is 24.3 Å². The van der Waals surface area contributed by atoms with Gasteiger partial charge in [-0.3, -0.25) is 4.84 Å². The SMILES string of the molecule is COCCONCc1cccc(F)c1. The monoisotopic (exact) mass is 199 g/mol. The van der Waals surface area contributed by atoms with Crippen LogP contribution < -0.4 is 5.48 Å². The Balaban J connectivity index is 2.18. The molecule has 14 heavy (non-hydrogen) atoms. The maximum Gasteiger partial charge on any atom is 0.123 e. The number of methoxy groups -OCH3 is 1. The van der Waals surface area contributed by atoms with Crippen molar-refractivity contribution in [1.29, 1.82) is 0 Å². The fraction of sp³-hybridized carbons (Fsp3) is 0.400. The van der Waals surface area contributed by atoms with E-state index in [2.05, 4.69) is 5.48 Å². The minimum Gasteiger partial charge on any atom is -0.382 e. The van der Waals surface area contributed by atoms with Gasteiger partial charge >= 0.3 is 0 Å². The molecule has 0 spiro atoms. The van der Waals surface area contributed by atoms with Crippen LogP contribution in [0.3, 0.4) is 0 Å². The predicted octanol–water partition coefficient (Wildman–Crippen LogP) is 1.49. The van der Waals surface area contributed by atoms with Crippen LogP contribution in [-0.2, 0) is 16.1 Å². The summed E-state index contributed by atoms with van der Waals surface area (Å²) in [5, 5.41) is 0. The zero-order valence-electron chi connectivity index (χ0n) is 8.13. The Kier molecular flexibility index (Phi) is 5.14. The van der Waals surface area contributed by atoms with Crippen molar-refractivity contribution in [3.8, 4) is 0 Å². The Hall–Kier alpha value is -0.970. The van der Waals surface area contributed by atoms with Gasteiger partial charge in [-0.1, -0.05) is 12.1 Å². The Labute approximate surface area is 82.8 Å². The van der Waals surface area contributed by atoms with E-state index >= 15 is 0 Å². The summed E-state index contributed by atoms with van der Waals surface area (Å²) in [7, 11) is 1.61. The molecule has 0 saturated heterocycles. The summed E-state index contributed by atoms with van der Waals surface area (Å²) >= 11 is 0. The lowest BCUT2D eigenvalue weighted by Crippen LogP contribution is -2.17. The molecule has 3 nitrogen and oxygen atoms in total. The zero-order chi connectivity index (χ0) is 10.2. The molecule has 1 rings (SSSR count). The summed E-state index contributed by atoms with van der Waals surface area (Å²) in [6.07, 6.45) is 0. The molecule has 0 aliphatic carbocycles. The number of halogens is 1. The quantitative estimate of drug-likeness (QED) is 0.556. The van der Waals surface area contributed by atoms with Gasteiger partial charge in [-0.2, -0.15) is 5.48 Å². The van der Waals surface area contributed by atoms with Crippen LogP contribution in [-0.4, -0.2) is 20.3 Å². The maximum absolute atomic E-state index is 12.7. The first-order valence-electron chi connectivity index (χ1n) is 4.41. The molecule has 0 heterocycles. The molecular formula is C10H14FNO2. The highest BCUT2D eigenvalue weighted by molar-refractivity contribution is 5.15. The average molecular weight is 199 g/mol. The van der Waals surface area contributed by atoms with Gasteiger partial charge < -0.3 is 4.74 Å². The Morgan fingerprint density at radius 2 is 2.21 bits per heavy atom. The number of hydroxylamine groups is 1. The first-order valence-corrected chi connectivity index (χ1v) is 4.41. The lowest BCUT2D eigenvalue weighted by molar-refractivity contribution is 0.00344. The minimum absolute atomic E-state index is 0.235. The van der Waals surface area contributed by atoms with Crippen molar-refractivity contribution >= 4 is 0 Å². The fourth-order valence-electron chi connectivity index (χ4n) is 0.978. The molecule has 0 radical (unpaired) electrons. The highest BCUT2D eigenvalue weighted by atomic mass is 19.1. The molecule has 1 aromatic rings. The van der Waals surface area contributed by atoms with Crippen molar-refractivity contribution in [3.63, 3.8) is 0 Å². The number of hydrogen-bond donors (Lipinski definition) is 1. The maximum atomic E-state index is 12.7. The van der Waals surface area contributed by atoms with Crippen LogP contribution in [0.5, 0.6) is 0 Å². The highest BCUT2D eigenvalue weighted by Crippen LogP contribution is 2.02. The van der Waals surface area contributed by atoms with Crippen LogP contribution in [0, 0.1) is 5.82 Å². The van der Waals surface area contributed by atoms with Crippen molar-refractivity contribution in [2.45, 2.75) is 6.54 Å². The highest BCUT2D eigenvalue weighted by Gasteiger charge is 1.94. The fourth-order valence-corrected chi connectivity index (χ4v) is 0.978. The van der Waals surface area contributed by atoms with E-state index in [0.29, 0.717) is 19.8 Å². The van der Waals surface area contributed by atoms with E-state index < -0.39 is 0 Å². The summed E-state index contributed by atoms with van der Waals surface area (Å²) in [5.74, 6) is -0.235. The number of rotatable bonds is 6. The molecule has 0 aliphatic heterocycles. The number of benzene rings is 1. The van der Waals surface area contributed by atoms with Gasteiger partial charge in [0.2, 0.25) is 0 Å². The number of ether oxygens (including phenoxy) is 1. The third-order valence-corrected chi connectivity index (χ3v) is 1.66. The number of hydrogen-bond acceptors (Lipinski definition) is 3. The molecule has 1 aromatic carbocycles. The zero-order valence-corrected chi connectivity index (χ0v) is 8.13. The lowest BCUT2D eigenvalue weighted by Gasteiger charge is -2.05. The smallest absolute Gasteiger partial charge is 0.123 e. The third-order valence-electron chi connectivity index (χ3n) is 1.66. The summed E-state index contributed by atoms with van der Waals surface area (Å²) in [4.78, 5) is 5.02. The van der Waals surface area contributed by atoms with Gasteiger partial charge in [0.05, 0.1) is 13.2 Å². The van der Waals surface area contributed by atoms with Gasteiger partial charge in [-0.05, 0) is 17.7 Å². The van der Waals surface area contributed by atoms with Crippen molar-refractivity contribution in [3.05, 3.63) is 35.6 Å². The Bertz CT molecular complexity index is 268. The Morgan fingerprint density at radius 1 is 1.36 bits per heavy atom. The van der Waals surface area contributed by atoms with Crippen LogP contribution in [0.2, 0.25) is 0 Å². The molecule has 0 amide bonds. The largest absolute Gasteiger partial charge is 0.382 e.